The van der Waals surface area contributed by atoms with Crippen molar-refractivity contribution in [3.8, 4) is 11.1 Å². The SMILES string of the molecule is CC(Cn1cccn1)NC(=O)c1ccc(-c2cccc(F)c2)cc1. The van der Waals surface area contributed by atoms with Crippen LogP contribution in [0.2, 0.25) is 0 Å². The topological polar surface area (TPSA) is 46.9 Å². The Hall–Kier alpha value is -2.95. The van der Waals surface area contributed by atoms with E-state index in [0.29, 0.717) is 12.1 Å². The smallest absolute Gasteiger partial charge is 0.251 e. The van der Waals surface area contributed by atoms with Crippen molar-refractivity contribution in [1.82, 2.24) is 15.1 Å². The molecule has 5 heteroatoms. The predicted octanol–water partition coefficient (Wildman–Crippen LogP) is 3.51. The summed E-state index contributed by atoms with van der Waals surface area (Å²) in [5, 5.41) is 7.07. The van der Waals surface area contributed by atoms with Gasteiger partial charge in [-0.2, -0.15) is 5.10 Å². The van der Waals surface area contributed by atoms with Gasteiger partial charge in [0.25, 0.3) is 5.91 Å². The summed E-state index contributed by atoms with van der Waals surface area (Å²) in [5.74, 6) is -0.415. The third kappa shape index (κ3) is 3.87. The lowest BCUT2D eigenvalue weighted by molar-refractivity contribution is 0.0936. The first-order valence-corrected chi connectivity index (χ1v) is 7.76. The third-order valence-electron chi connectivity index (χ3n) is 3.70. The Morgan fingerprint density at radius 1 is 1.17 bits per heavy atom. The van der Waals surface area contributed by atoms with Gasteiger partial charge < -0.3 is 5.32 Å². The maximum absolute atomic E-state index is 13.3. The van der Waals surface area contributed by atoms with Gasteiger partial charge in [0.05, 0.1) is 6.54 Å². The van der Waals surface area contributed by atoms with Crippen LogP contribution in [-0.2, 0) is 6.54 Å². The normalized spacial score (nSPS) is 11.9. The van der Waals surface area contributed by atoms with E-state index >= 15 is 0 Å². The van der Waals surface area contributed by atoms with Crippen molar-refractivity contribution in [3.63, 3.8) is 0 Å². The van der Waals surface area contributed by atoms with Crippen molar-refractivity contribution >= 4 is 5.91 Å². The van der Waals surface area contributed by atoms with E-state index in [1.165, 1.54) is 12.1 Å². The van der Waals surface area contributed by atoms with E-state index in [2.05, 4.69) is 10.4 Å². The Labute approximate surface area is 139 Å². The molecule has 0 saturated carbocycles. The molecule has 122 valence electrons. The molecule has 24 heavy (non-hydrogen) atoms. The minimum atomic E-state index is -0.276. The van der Waals surface area contributed by atoms with Gasteiger partial charge in [0.1, 0.15) is 5.82 Å². The van der Waals surface area contributed by atoms with Crippen LogP contribution in [0, 0.1) is 5.82 Å². The molecule has 0 spiro atoms. The molecule has 1 heterocycles. The number of halogens is 1. The lowest BCUT2D eigenvalue weighted by Crippen LogP contribution is -2.35. The lowest BCUT2D eigenvalue weighted by atomic mass is 10.0. The summed E-state index contributed by atoms with van der Waals surface area (Å²) in [5.41, 5.74) is 2.23. The van der Waals surface area contributed by atoms with E-state index in [4.69, 9.17) is 0 Å². The highest BCUT2D eigenvalue weighted by molar-refractivity contribution is 5.94. The fraction of sp³-hybridized carbons (Fsp3) is 0.158. The van der Waals surface area contributed by atoms with Gasteiger partial charge in [-0.3, -0.25) is 9.48 Å². The van der Waals surface area contributed by atoms with Crippen LogP contribution in [0.4, 0.5) is 4.39 Å². The molecule has 0 aliphatic rings. The Morgan fingerprint density at radius 2 is 1.96 bits per heavy atom. The predicted molar refractivity (Wildman–Crippen MR) is 91.0 cm³/mol. The highest BCUT2D eigenvalue weighted by Crippen LogP contribution is 2.20. The summed E-state index contributed by atoms with van der Waals surface area (Å²) >= 11 is 0. The summed E-state index contributed by atoms with van der Waals surface area (Å²) in [7, 11) is 0. The van der Waals surface area contributed by atoms with Crippen LogP contribution in [0.5, 0.6) is 0 Å². The van der Waals surface area contributed by atoms with E-state index in [-0.39, 0.29) is 17.8 Å². The summed E-state index contributed by atoms with van der Waals surface area (Å²) in [6, 6.07) is 15.3. The number of carbonyl (C=O) groups excluding carboxylic acids is 1. The second kappa shape index (κ2) is 7.08. The molecule has 0 fully saturated rings. The fourth-order valence-corrected chi connectivity index (χ4v) is 2.52. The Morgan fingerprint density at radius 3 is 2.62 bits per heavy atom. The van der Waals surface area contributed by atoms with Crippen molar-refractivity contribution in [2.24, 2.45) is 0 Å². The second-order valence-electron chi connectivity index (χ2n) is 5.69. The van der Waals surface area contributed by atoms with E-state index in [9.17, 15) is 9.18 Å². The quantitative estimate of drug-likeness (QED) is 0.781. The molecule has 0 saturated heterocycles. The molecule has 1 unspecified atom stereocenters. The third-order valence-corrected chi connectivity index (χ3v) is 3.70. The molecule has 2 aromatic carbocycles. The lowest BCUT2D eigenvalue weighted by Gasteiger charge is -2.14. The largest absolute Gasteiger partial charge is 0.348 e. The van der Waals surface area contributed by atoms with Crippen molar-refractivity contribution in [1.29, 1.82) is 0 Å². The number of benzene rings is 2. The second-order valence-corrected chi connectivity index (χ2v) is 5.69. The summed E-state index contributed by atoms with van der Waals surface area (Å²) in [6.07, 6.45) is 3.57. The number of carbonyl (C=O) groups is 1. The number of nitrogens with zero attached hydrogens (tertiary/aromatic N) is 2. The molecule has 4 nitrogen and oxygen atoms in total. The van der Waals surface area contributed by atoms with Gasteiger partial charge >= 0.3 is 0 Å². The van der Waals surface area contributed by atoms with Crippen LogP contribution in [-0.4, -0.2) is 21.7 Å². The zero-order valence-electron chi connectivity index (χ0n) is 13.3. The van der Waals surface area contributed by atoms with Gasteiger partial charge in [-0.1, -0.05) is 24.3 Å². The van der Waals surface area contributed by atoms with Crippen LogP contribution >= 0.6 is 0 Å². The van der Waals surface area contributed by atoms with E-state index in [0.717, 1.165) is 11.1 Å². The van der Waals surface area contributed by atoms with Crippen molar-refractivity contribution < 1.29 is 9.18 Å². The van der Waals surface area contributed by atoms with Gasteiger partial charge in [-0.25, -0.2) is 4.39 Å². The Kier molecular flexibility index (Phi) is 4.70. The van der Waals surface area contributed by atoms with Crippen LogP contribution < -0.4 is 5.32 Å². The van der Waals surface area contributed by atoms with E-state index in [1.54, 1.807) is 29.1 Å². The first kappa shape index (κ1) is 15.9. The summed E-state index contributed by atoms with van der Waals surface area (Å²) < 4.78 is 15.1. The van der Waals surface area contributed by atoms with Gasteiger partial charge in [-0.05, 0) is 48.4 Å². The van der Waals surface area contributed by atoms with Gasteiger partial charge in [0, 0.05) is 24.0 Å². The zero-order valence-corrected chi connectivity index (χ0v) is 13.3. The molecule has 1 N–H and O–H groups in total. The first-order chi connectivity index (χ1) is 11.6. The van der Waals surface area contributed by atoms with Gasteiger partial charge in [0.15, 0.2) is 0 Å². The Balaban J connectivity index is 1.65. The number of hydrogen-bond donors (Lipinski definition) is 1. The average Bonchev–Trinajstić information content (AvgIpc) is 3.07. The molecule has 0 radical (unpaired) electrons. The molecule has 3 rings (SSSR count). The first-order valence-electron chi connectivity index (χ1n) is 7.76. The number of nitrogens with one attached hydrogen (secondary N) is 1. The molecule has 0 bridgehead atoms. The van der Waals surface area contributed by atoms with Crippen molar-refractivity contribution in [2.75, 3.05) is 0 Å². The molecule has 1 amide bonds. The van der Waals surface area contributed by atoms with E-state index in [1.807, 2.05) is 37.4 Å². The molecule has 1 aromatic heterocycles. The van der Waals surface area contributed by atoms with Crippen molar-refractivity contribution in [3.05, 3.63) is 78.4 Å². The van der Waals surface area contributed by atoms with Crippen LogP contribution in [0.15, 0.2) is 67.0 Å². The average molecular weight is 323 g/mol. The number of amides is 1. The van der Waals surface area contributed by atoms with Gasteiger partial charge in [0.2, 0.25) is 0 Å². The highest BCUT2D eigenvalue weighted by atomic mass is 19.1. The molecule has 0 aliphatic carbocycles. The molecule has 0 aliphatic heterocycles. The van der Waals surface area contributed by atoms with Crippen LogP contribution in [0.25, 0.3) is 11.1 Å². The highest BCUT2D eigenvalue weighted by Gasteiger charge is 2.10. The van der Waals surface area contributed by atoms with Crippen LogP contribution in [0.1, 0.15) is 17.3 Å². The summed E-state index contributed by atoms with van der Waals surface area (Å²) in [4.78, 5) is 12.3. The zero-order chi connectivity index (χ0) is 16.9. The molecule has 3 aromatic rings. The minimum absolute atomic E-state index is 0.0414. The monoisotopic (exact) mass is 323 g/mol. The molecule has 1 atom stereocenters. The molecular formula is C19H18FN3O. The Bertz CT molecular complexity index is 813. The number of aromatic nitrogens is 2. The maximum Gasteiger partial charge on any atom is 0.251 e. The number of hydrogen-bond acceptors (Lipinski definition) is 2. The van der Waals surface area contributed by atoms with E-state index < -0.39 is 0 Å². The minimum Gasteiger partial charge on any atom is -0.348 e. The number of rotatable bonds is 5. The van der Waals surface area contributed by atoms with Gasteiger partial charge in [-0.15, -0.1) is 0 Å². The standard InChI is InChI=1S/C19H18FN3O/c1-14(13-23-11-3-10-21-23)22-19(24)16-8-6-15(7-9-16)17-4-2-5-18(20)12-17/h2-12,14H,13H2,1H3,(H,22,24). The molecular weight excluding hydrogens is 305 g/mol. The van der Waals surface area contributed by atoms with Crippen LogP contribution in [0.3, 0.4) is 0 Å². The van der Waals surface area contributed by atoms with Crippen molar-refractivity contribution in [2.45, 2.75) is 19.5 Å². The summed E-state index contributed by atoms with van der Waals surface area (Å²) in [6.45, 7) is 2.54. The fourth-order valence-electron chi connectivity index (χ4n) is 2.52. The maximum atomic E-state index is 13.3.